The minimum absolute atomic E-state index is 0.287. The molecule has 1 unspecified atom stereocenters. The van der Waals surface area contributed by atoms with Crippen LogP contribution in [0.4, 0.5) is 9.93 Å². The molecule has 4 N–H and O–H groups in total. The number of aromatic nitrogens is 2. The molecular formula is C16H18N4O3S2. The normalized spacial score (nSPS) is 12.7. The summed E-state index contributed by atoms with van der Waals surface area (Å²) < 4.78 is 0.418. The van der Waals surface area contributed by atoms with Crippen LogP contribution in [0.15, 0.2) is 36.4 Å². The van der Waals surface area contributed by atoms with E-state index in [1.807, 2.05) is 36.4 Å². The molecule has 1 heterocycles. The zero-order chi connectivity index (χ0) is 18.4. The highest BCUT2D eigenvalue weighted by Gasteiger charge is 2.35. The quantitative estimate of drug-likeness (QED) is 0.576. The zero-order valence-corrected chi connectivity index (χ0v) is 15.3. The summed E-state index contributed by atoms with van der Waals surface area (Å²) in [7, 11) is 0. The van der Waals surface area contributed by atoms with Gasteiger partial charge in [0.15, 0.2) is 3.95 Å². The summed E-state index contributed by atoms with van der Waals surface area (Å²) in [5.74, 6) is -0.511. The molecule has 0 spiro atoms. The van der Waals surface area contributed by atoms with Gasteiger partial charge in [-0.3, -0.25) is 15.2 Å². The maximum atomic E-state index is 12.6. The van der Waals surface area contributed by atoms with E-state index in [1.54, 1.807) is 19.9 Å². The van der Waals surface area contributed by atoms with Gasteiger partial charge in [-0.1, -0.05) is 67.7 Å². The van der Waals surface area contributed by atoms with E-state index < -0.39 is 23.5 Å². The first kappa shape index (κ1) is 18.8. The van der Waals surface area contributed by atoms with Crippen molar-refractivity contribution in [2.24, 2.45) is 5.41 Å². The Morgan fingerprint density at radius 3 is 2.60 bits per heavy atom. The maximum Gasteiger partial charge on any atom is 0.405 e. The fourth-order valence-electron chi connectivity index (χ4n) is 2.15. The lowest BCUT2D eigenvalue weighted by Gasteiger charge is -2.30. The van der Waals surface area contributed by atoms with Crippen molar-refractivity contribution in [3.8, 4) is 0 Å². The van der Waals surface area contributed by atoms with Crippen molar-refractivity contribution >= 4 is 46.8 Å². The lowest BCUT2D eigenvalue weighted by atomic mass is 9.83. The molecule has 0 aliphatic rings. The Hall–Kier alpha value is -2.52. The Kier molecular flexibility index (Phi) is 6.05. The highest BCUT2D eigenvalue weighted by molar-refractivity contribution is 7.73. The van der Waals surface area contributed by atoms with Gasteiger partial charge in [0.2, 0.25) is 11.0 Å². The van der Waals surface area contributed by atoms with E-state index in [0.29, 0.717) is 3.95 Å². The molecule has 2 amide bonds. The second-order valence-corrected chi connectivity index (χ2v) is 7.52. The van der Waals surface area contributed by atoms with Gasteiger partial charge in [-0.2, -0.15) is 0 Å². The summed E-state index contributed by atoms with van der Waals surface area (Å²) in [6, 6.07) is 8.53. The number of carbonyl (C=O) groups is 2. The Balaban J connectivity index is 2.21. The van der Waals surface area contributed by atoms with Crippen molar-refractivity contribution in [2.75, 3.05) is 5.32 Å². The summed E-state index contributed by atoms with van der Waals surface area (Å²) in [6.07, 6.45) is 2.37. The predicted molar refractivity (Wildman–Crippen MR) is 100 cm³/mol. The van der Waals surface area contributed by atoms with Crippen LogP contribution in [0.5, 0.6) is 0 Å². The highest BCUT2D eigenvalue weighted by atomic mass is 32.1. The number of aromatic amines is 1. The topological polar surface area (TPSA) is 107 Å². The molecule has 0 saturated heterocycles. The number of benzene rings is 1. The van der Waals surface area contributed by atoms with E-state index in [-0.39, 0.29) is 5.13 Å². The van der Waals surface area contributed by atoms with Gasteiger partial charge in [0, 0.05) is 5.41 Å². The van der Waals surface area contributed by atoms with Gasteiger partial charge >= 0.3 is 6.09 Å². The molecule has 25 heavy (non-hydrogen) atoms. The van der Waals surface area contributed by atoms with E-state index in [0.717, 1.165) is 16.9 Å². The number of anilines is 1. The molecule has 132 valence electrons. The molecular weight excluding hydrogens is 360 g/mol. The number of carboxylic acid groups (broad SMARTS) is 1. The Labute approximate surface area is 153 Å². The lowest BCUT2D eigenvalue weighted by Crippen LogP contribution is -2.51. The molecule has 9 heteroatoms. The van der Waals surface area contributed by atoms with E-state index in [9.17, 15) is 9.59 Å². The molecule has 0 bridgehead atoms. The lowest BCUT2D eigenvalue weighted by molar-refractivity contribution is -0.119. The number of H-pyrrole nitrogens is 1. The van der Waals surface area contributed by atoms with Crippen LogP contribution in [0.25, 0.3) is 6.08 Å². The van der Waals surface area contributed by atoms with Gasteiger partial charge in [0.1, 0.15) is 6.04 Å². The largest absolute Gasteiger partial charge is 0.465 e. The van der Waals surface area contributed by atoms with Crippen LogP contribution in [-0.2, 0) is 4.79 Å². The number of nitrogens with one attached hydrogen (secondary N) is 3. The first-order valence-electron chi connectivity index (χ1n) is 7.38. The average molecular weight is 378 g/mol. The molecule has 0 aliphatic carbocycles. The van der Waals surface area contributed by atoms with Crippen molar-refractivity contribution in [1.82, 2.24) is 15.5 Å². The van der Waals surface area contributed by atoms with Gasteiger partial charge in [0.25, 0.3) is 0 Å². The van der Waals surface area contributed by atoms with Crippen molar-refractivity contribution in [1.29, 1.82) is 0 Å². The molecule has 7 nitrogen and oxygen atoms in total. The minimum atomic E-state index is -1.28. The van der Waals surface area contributed by atoms with Crippen LogP contribution < -0.4 is 10.6 Å². The third-order valence-corrected chi connectivity index (χ3v) is 4.45. The molecule has 2 aromatic rings. The van der Waals surface area contributed by atoms with Crippen molar-refractivity contribution < 1.29 is 14.7 Å². The van der Waals surface area contributed by atoms with Crippen molar-refractivity contribution in [2.45, 2.75) is 19.9 Å². The molecule has 1 aromatic heterocycles. The smallest absolute Gasteiger partial charge is 0.405 e. The highest BCUT2D eigenvalue weighted by Crippen LogP contribution is 2.25. The Morgan fingerprint density at radius 1 is 1.36 bits per heavy atom. The maximum absolute atomic E-state index is 12.6. The third kappa shape index (κ3) is 5.50. The van der Waals surface area contributed by atoms with Crippen LogP contribution in [0.1, 0.15) is 19.4 Å². The summed E-state index contributed by atoms with van der Waals surface area (Å²) in [5, 5.41) is 20.7. The van der Waals surface area contributed by atoms with E-state index in [4.69, 9.17) is 17.3 Å². The average Bonchev–Trinajstić information content (AvgIpc) is 2.96. The van der Waals surface area contributed by atoms with Crippen molar-refractivity contribution in [3.63, 3.8) is 0 Å². The Bertz CT molecular complexity index is 827. The molecule has 1 atom stereocenters. The van der Waals surface area contributed by atoms with E-state index in [1.165, 1.54) is 0 Å². The van der Waals surface area contributed by atoms with Crippen molar-refractivity contribution in [3.05, 3.63) is 45.9 Å². The van der Waals surface area contributed by atoms with Gasteiger partial charge in [-0.15, -0.1) is 5.10 Å². The first-order chi connectivity index (χ1) is 11.8. The van der Waals surface area contributed by atoms with Gasteiger partial charge in [-0.25, -0.2) is 4.79 Å². The fourth-order valence-corrected chi connectivity index (χ4v) is 2.94. The van der Waals surface area contributed by atoms with Crippen LogP contribution in [-0.4, -0.2) is 33.3 Å². The van der Waals surface area contributed by atoms with Crippen LogP contribution in [0.2, 0.25) is 0 Å². The Morgan fingerprint density at radius 2 is 2.04 bits per heavy atom. The SMILES string of the molecule is CC(C)(C=Cc1ccccc1)C(NC(=O)O)C(=O)Nc1n[nH]c(=S)s1. The molecule has 2 rings (SSSR count). The molecule has 0 fully saturated rings. The second kappa shape index (κ2) is 8.04. The second-order valence-electron chi connectivity index (χ2n) is 5.86. The van der Waals surface area contributed by atoms with Gasteiger partial charge in [0.05, 0.1) is 0 Å². The predicted octanol–water partition coefficient (Wildman–Crippen LogP) is 3.51. The number of amides is 2. The number of hydrogen-bond donors (Lipinski definition) is 4. The molecule has 1 aromatic carbocycles. The third-order valence-electron chi connectivity index (χ3n) is 3.45. The minimum Gasteiger partial charge on any atom is -0.465 e. The summed E-state index contributed by atoms with van der Waals surface area (Å²) in [6.45, 7) is 3.55. The van der Waals surface area contributed by atoms with Crippen LogP contribution >= 0.6 is 23.6 Å². The summed E-state index contributed by atoms with van der Waals surface area (Å²) >= 11 is 6.01. The van der Waals surface area contributed by atoms with Gasteiger partial charge in [-0.05, 0) is 17.8 Å². The van der Waals surface area contributed by atoms with Gasteiger partial charge < -0.3 is 10.4 Å². The number of nitrogens with zero attached hydrogens (tertiary/aromatic N) is 1. The number of rotatable bonds is 6. The molecule has 0 aliphatic heterocycles. The monoisotopic (exact) mass is 378 g/mol. The fraction of sp³-hybridized carbons (Fsp3) is 0.250. The molecule has 0 saturated carbocycles. The molecule has 0 radical (unpaired) electrons. The summed E-state index contributed by atoms with van der Waals surface area (Å²) in [4.78, 5) is 23.7. The number of hydrogen-bond acceptors (Lipinski definition) is 5. The number of carbonyl (C=O) groups excluding carboxylic acids is 1. The van der Waals surface area contributed by atoms with E-state index >= 15 is 0 Å². The summed E-state index contributed by atoms with van der Waals surface area (Å²) in [5.41, 5.74) is 0.172. The van der Waals surface area contributed by atoms with Crippen LogP contribution in [0.3, 0.4) is 0 Å². The first-order valence-corrected chi connectivity index (χ1v) is 8.60. The van der Waals surface area contributed by atoms with E-state index in [2.05, 4.69) is 20.8 Å². The standard InChI is InChI=1S/C16H18N4O3S2/c1-16(2,9-8-10-6-4-3-5-7-10)11(17-14(22)23)12(21)18-13-19-20-15(24)25-13/h3-9,11,17H,1-2H3,(H,20,24)(H,22,23)(H,18,19,21). The van der Waals surface area contributed by atoms with Crippen LogP contribution in [0, 0.1) is 9.37 Å². The zero-order valence-electron chi connectivity index (χ0n) is 13.6.